The molecule has 1 aromatic heterocycles. The molecule has 1 amide bonds. The summed E-state index contributed by atoms with van der Waals surface area (Å²) in [5.41, 5.74) is 7.28. The molecule has 4 unspecified atom stereocenters. The van der Waals surface area contributed by atoms with Crippen LogP contribution in [0.2, 0.25) is 0 Å². The summed E-state index contributed by atoms with van der Waals surface area (Å²) < 4.78 is 0. The second kappa shape index (κ2) is 6.75. The Kier molecular flexibility index (Phi) is 5.22. The highest BCUT2D eigenvalue weighted by molar-refractivity contribution is 5.85. The lowest BCUT2D eigenvalue weighted by Gasteiger charge is -2.30. The van der Waals surface area contributed by atoms with Gasteiger partial charge in [-0.05, 0) is 43.2 Å². The molecule has 2 aliphatic rings. The quantitative estimate of drug-likeness (QED) is 0.924. The molecule has 0 radical (unpaired) electrons. The van der Waals surface area contributed by atoms with Gasteiger partial charge in [0.2, 0.25) is 5.91 Å². The van der Waals surface area contributed by atoms with Crippen molar-refractivity contribution < 1.29 is 4.79 Å². The first-order valence-corrected chi connectivity index (χ1v) is 7.57. The molecule has 5 heteroatoms. The molecule has 0 aromatic carbocycles. The van der Waals surface area contributed by atoms with E-state index in [1.165, 1.54) is 12.8 Å². The third kappa shape index (κ3) is 3.22. The van der Waals surface area contributed by atoms with Crippen molar-refractivity contribution in [2.75, 3.05) is 13.6 Å². The fraction of sp³-hybridized carbons (Fsp3) is 0.625. The van der Waals surface area contributed by atoms with Gasteiger partial charge < -0.3 is 10.6 Å². The Bertz CT molecular complexity index is 480. The number of likely N-dealkylation sites (N-methyl/N-ethyl adjacent to an activating group) is 1. The maximum absolute atomic E-state index is 12.6. The van der Waals surface area contributed by atoms with E-state index >= 15 is 0 Å². The van der Waals surface area contributed by atoms with E-state index in [9.17, 15) is 4.79 Å². The van der Waals surface area contributed by atoms with E-state index in [0.29, 0.717) is 11.8 Å². The van der Waals surface area contributed by atoms with Gasteiger partial charge in [0.25, 0.3) is 0 Å². The lowest BCUT2D eigenvalue weighted by molar-refractivity contribution is -0.136. The SMILES string of the molecule is CN(CCc1ccccn1)C(=O)C1C2CCC(C2)C1N.Cl. The highest BCUT2D eigenvalue weighted by atomic mass is 35.5. The zero-order valence-electron chi connectivity index (χ0n) is 12.4. The van der Waals surface area contributed by atoms with Gasteiger partial charge in [-0.3, -0.25) is 9.78 Å². The Hall–Kier alpha value is -1.13. The number of carbonyl (C=O) groups excluding carboxylic acids is 1. The van der Waals surface area contributed by atoms with Crippen molar-refractivity contribution in [1.29, 1.82) is 0 Å². The number of halogens is 1. The second-order valence-corrected chi connectivity index (χ2v) is 6.27. The molecule has 116 valence electrons. The van der Waals surface area contributed by atoms with Crippen molar-refractivity contribution in [2.45, 2.75) is 31.7 Å². The Morgan fingerprint density at radius 2 is 2.14 bits per heavy atom. The minimum absolute atomic E-state index is 0. The number of amides is 1. The summed E-state index contributed by atoms with van der Waals surface area (Å²) in [6, 6.07) is 5.98. The molecule has 1 heterocycles. The van der Waals surface area contributed by atoms with E-state index in [2.05, 4.69) is 4.98 Å². The molecule has 0 spiro atoms. The van der Waals surface area contributed by atoms with Gasteiger partial charge in [0.05, 0.1) is 5.92 Å². The summed E-state index contributed by atoms with van der Waals surface area (Å²) in [6.45, 7) is 0.719. The fourth-order valence-corrected chi connectivity index (χ4v) is 3.90. The Morgan fingerprint density at radius 3 is 2.76 bits per heavy atom. The largest absolute Gasteiger partial charge is 0.345 e. The van der Waals surface area contributed by atoms with Gasteiger partial charge in [0.15, 0.2) is 0 Å². The molecular formula is C16H24ClN3O. The molecule has 0 aliphatic heterocycles. The molecular weight excluding hydrogens is 286 g/mol. The zero-order valence-corrected chi connectivity index (χ0v) is 13.3. The van der Waals surface area contributed by atoms with Crippen LogP contribution in [0.4, 0.5) is 0 Å². The summed E-state index contributed by atoms with van der Waals surface area (Å²) >= 11 is 0. The molecule has 2 aliphatic carbocycles. The van der Waals surface area contributed by atoms with E-state index in [1.807, 2.05) is 30.1 Å². The van der Waals surface area contributed by atoms with Crippen LogP contribution in [0, 0.1) is 17.8 Å². The predicted molar refractivity (Wildman–Crippen MR) is 85.1 cm³/mol. The summed E-state index contributed by atoms with van der Waals surface area (Å²) in [6.07, 6.45) is 6.16. The lowest BCUT2D eigenvalue weighted by Crippen LogP contribution is -2.46. The maximum atomic E-state index is 12.6. The molecule has 2 fully saturated rings. The zero-order chi connectivity index (χ0) is 14.1. The van der Waals surface area contributed by atoms with Gasteiger partial charge in [-0.2, -0.15) is 0 Å². The number of fused-ring (bicyclic) bond motifs is 2. The van der Waals surface area contributed by atoms with Gasteiger partial charge in [0.1, 0.15) is 0 Å². The van der Waals surface area contributed by atoms with Gasteiger partial charge in [0, 0.05) is 37.9 Å². The topological polar surface area (TPSA) is 59.2 Å². The summed E-state index contributed by atoms with van der Waals surface area (Å²) in [4.78, 5) is 18.7. The van der Waals surface area contributed by atoms with Gasteiger partial charge in [-0.1, -0.05) is 6.07 Å². The van der Waals surface area contributed by atoms with Crippen LogP contribution in [-0.2, 0) is 11.2 Å². The van der Waals surface area contributed by atoms with E-state index in [-0.39, 0.29) is 30.3 Å². The van der Waals surface area contributed by atoms with Crippen molar-refractivity contribution >= 4 is 18.3 Å². The summed E-state index contributed by atoms with van der Waals surface area (Å²) in [5.74, 6) is 1.40. The number of hydrogen-bond acceptors (Lipinski definition) is 3. The number of aromatic nitrogens is 1. The normalized spacial score (nSPS) is 30.0. The van der Waals surface area contributed by atoms with Crippen LogP contribution in [0.5, 0.6) is 0 Å². The molecule has 0 saturated heterocycles. The van der Waals surface area contributed by atoms with E-state index in [0.717, 1.165) is 25.1 Å². The lowest BCUT2D eigenvalue weighted by atomic mass is 9.84. The van der Waals surface area contributed by atoms with Crippen LogP contribution in [0.3, 0.4) is 0 Å². The molecule has 1 aromatic rings. The minimum atomic E-state index is 0. The van der Waals surface area contributed by atoms with Crippen molar-refractivity contribution in [3.8, 4) is 0 Å². The van der Waals surface area contributed by atoms with Gasteiger partial charge in [-0.15, -0.1) is 12.4 Å². The number of nitrogens with two attached hydrogens (primary N) is 1. The molecule has 2 N–H and O–H groups in total. The first kappa shape index (κ1) is 16.2. The monoisotopic (exact) mass is 309 g/mol. The highest BCUT2D eigenvalue weighted by Gasteiger charge is 2.49. The minimum Gasteiger partial charge on any atom is -0.345 e. The second-order valence-electron chi connectivity index (χ2n) is 6.27. The fourth-order valence-electron chi connectivity index (χ4n) is 3.90. The average molecular weight is 310 g/mol. The molecule has 4 atom stereocenters. The standard InChI is InChI=1S/C16H23N3O.ClH/c1-19(9-7-13-4-2-3-8-18-13)16(20)14-11-5-6-12(10-11)15(14)17;/h2-4,8,11-12,14-15H,5-7,9-10,17H2,1H3;1H. The Morgan fingerprint density at radius 1 is 1.38 bits per heavy atom. The number of pyridine rings is 1. The van der Waals surface area contributed by atoms with Crippen LogP contribution < -0.4 is 5.73 Å². The van der Waals surface area contributed by atoms with E-state index in [1.54, 1.807) is 6.20 Å². The number of hydrogen-bond donors (Lipinski definition) is 1. The van der Waals surface area contributed by atoms with Crippen LogP contribution in [-0.4, -0.2) is 35.4 Å². The van der Waals surface area contributed by atoms with Crippen LogP contribution in [0.1, 0.15) is 25.0 Å². The van der Waals surface area contributed by atoms with Crippen LogP contribution in [0.25, 0.3) is 0 Å². The smallest absolute Gasteiger partial charge is 0.227 e. The third-order valence-corrected chi connectivity index (χ3v) is 5.07. The molecule has 2 bridgehead atoms. The Labute approximate surface area is 132 Å². The first-order chi connectivity index (χ1) is 9.66. The maximum Gasteiger partial charge on any atom is 0.227 e. The molecule has 21 heavy (non-hydrogen) atoms. The number of carbonyl (C=O) groups is 1. The average Bonchev–Trinajstić information content (AvgIpc) is 3.06. The molecule has 4 nitrogen and oxygen atoms in total. The number of nitrogens with zero attached hydrogens (tertiary/aromatic N) is 2. The predicted octanol–water partition coefficient (Wildman–Crippen LogP) is 1.88. The van der Waals surface area contributed by atoms with E-state index < -0.39 is 0 Å². The van der Waals surface area contributed by atoms with Crippen LogP contribution >= 0.6 is 12.4 Å². The van der Waals surface area contributed by atoms with Crippen molar-refractivity contribution in [3.05, 3.63) is 30.1 Å². The molecule has 2 saturated carbocycles. The van der Waals surface area contributed by atoms with Crippen molar-refractivity contribution in [3.63, 3.8) is 0 Å². The third-order valence-electron chi connectivity index (χ3n) is 5.07. The van der Waals surface area contributed by atoms with Crippen molar-refractivity contribution in [2.24, 2.45) is 23.5 Å². The van der Waals surface area contributed by atoms with Gasteiger partial charge >= 0.3 is 0 Å². The molecule has 3 rings (SSSR count). The van der Waals surface area contributed by atoms with Crippen molar-refractivity contribution in [1.82, 2.24) is 9.88 Å². The number of rotatable bonds is 4. The summed E-state index contributed by atoms with van der Waals surface area (Å²) in [5, 5.41) is 0. The Balaban J connectivity index is 0.00000161. The van der Waals surface area contributed by atoms with Crippen LogP contribution in [0.15, 0.2) is 24.4 Å². The summed E-state index contributed by atoms with van der Waals surface area (Å²) in [7, 11) is 1.89. The van der Waals surface area contributed by atoms with E-state index in [4.69, 9.17) is 5.73 Å². The first-order valence-electron chi connectivity index (χ1n) is 7.57. The highest BCUT2D eigenvalue weighted by Crippen LogP contribution is 2.48. The van der Waals surface area contributed by atoms with Gasteiger partial charge in [-0.25, -0.2) is 0 Å².